The summed E-state index contributed by atoms with van der Waals surface area (Å²) >= 11 is 0. The van der Waals surface area contributed by atoms with Gasteiger partial charge in [-0.3, -0.25) is 9.59 Å². The largest absolute Gasteiger partial charge is 0.348 e. The zero-order valence-corrected chi connectivity index (χ0v) is 14.0. The van der Waals surface area contributed by atoms with Crippen LogP contribution in [0.2, 0.25) is 0 Å². The van der Waals surface area contributed by atoms with Crippen LogP contribution >= 0.6 is 0 Å². The van der Waals surface area contributed by atoms with Crippen molar-refractivity contribution in [1.82, 2.24) is 10.2 Å². The van der Waals surface area contributed by atoms with E-state index in [4.69, 9.17) is 0 Å². The van der Waals surface area contributed by atoms with Crippen LogP contribution in [-0.2, 0) is 22.6 Å². The van der Waals surface area contributed by atoms with Crippen LogP contribution in [-0.4, -0.2) is 29.3 Å². The predicted octanol–water partition coefficient (Wildman–Crippen LogP) is 2.68. The van der Waals surface area contributed by atoms with Crippen LogP contribution in [0.5, 0.6) is 0 Å². The predicted molar refractivity (Wildman–Crippen MR) is 91.8 cm³/mol. The maximum Gasteiger partial charge on any atom is 0.243 e. The van der Waals surface area contributed by atoms with Gasteiger partial charge in [-0.15, -0.1) is 0 Å². The standard InChI is InChI=1S/C19H26N2O2/c1-4-18(22)20-13-17-8-6-5-7-16(17)12-19(23)21-10-9-14(2)11-15(21)3/h4-8,14-15H,1,9-13H2,2-3H3,(H,20,22)/t14-,15-/m1/s1. The lowest BCUT2D eigenvalue weighted by atomic mass is 9.92. The summed E-state index contributed by atoms with van der Waals surface area (Å²) < 4.78 is 0. The van der Waals surface area contributed by atoms with E-state index in [2.05, 4.69) is 25.7 Å². The van der Waals surface area contributed by atoms with Crippen LogP contribution in [0.3, 0.4) is 0 Å². The molecule has 23 heavy (non-hydrogen) atoms. The van der Waals surface area contributed by atoms with Crippen LogP contribution in [0, 0.1) is 5.92 Å². The average molecular weight is 314 g/mol. The number of benzene rings is 1. The topological polar surface area (TPSA) is 49.4 Å². The molecule has 1 aliphatic rings. The van der Waals surface area contributed by atoms with Gasteiger partial charge in [0.15, 0.2) is 0 Å². The van der Waals surface area contributed by atoms with Crippen LogP contribution in [0.4, 0.5) is 0 Å². The molecule has 0 bridgehead atoms. The second-order valence-corrected chi connectivity index (χ2v) is 6.43. The first-order chi connectivity index (χ1) is 11.0. The van der Waals surface area contributed by atoms with Gasteiger partial charge in [0, 0.05) is 19.1 Å². The number of nitrogens with one attached hydrogen (secondary N) is 1. The molecular formula is C19H26N2O2. The van der Waals surface area contributed by atoms with Gasteiger partial charge in [-0.05, 0) is 42.9 Å². The van der Waals surface area contributed by atoms with Crippen molar-refractivity contribution in [2.75, 3.05) is 6.54 Å². The number of nitrogens with zero attached hydrogens (tertiary/aromatic N) is 1. The van der Waals surface area contributed by atoms with Crippen LogP contribution in [0.15, 0.2) is 36.9 Å². The number of likely N-dealkylation sites (tertiary alicyclic amines) is 1. The fourth-order valence-electron chi connectivity index (χ4n) is 3.20. The Morgan fingerprint density at radius 1 is 1.30 bits per heavy atom. The number of carbonyl (C=O) groups is 2. The fourth-order valence-corrected chi connectivity index (χ4v) is 3.20. The third kappa shape index (κ3) is 4.68. The normalized spacial score (nSPS) is 20.9. The van der Waals surface area contributed by atoms with Crippen molar-refractivity contribution in [3.05, 3.63) is 48.0 Å². The summed E-state index contributed by atoms with van der Waals surface area (Å²) in [6.45, 7) is 9.08. The number of hydrogen-bond donors (Lipinski definition) is 1. The molecule has 0 saturated carbocycles. The Balaban J connectivity index is 2.03. The van der Waals surface area contributed by atoms with E-state index >= 15 is 0 Å². The Bertz CT molecular complexity index is 582. The van der Waals surface area contributed by atoms with Gasteiger partial charge in [-0.1, -0.05) is 37.8 Å². The van der Waals surface area contributed by atoms with Crippen LogP contribution in [0.1, 0.15) is 37.8 Å². The number of hydrogen-bond acceptors (Lipinski definition) is 2. The first kappa shape index (κ1) is 17.3. The molecule has 0 aliphatic carbocycles. The minimum Gasteiger partial charge on any atom is -0.348 e. The van der Waals surface area contributed by atoms with E-state index < -0.39 is 0 Å². The maximum atomic E-state index is 12.7. The van der Waals surface area contributed by atoms with Crippen molar-refractivity contribution < 1.29 is 9.59 Å². The molecule has 2 atom stereocenters. The molecular weight excluding hydrogens is 288 g/mol. The zero-order valence-electron chi connectivity index (χ0n) is 14.0. The highest BCUT2D eigenvalue weighted by atomic mass is 16.2. The van der Waals surface area contributed by atoms with Gasteiger partial charge < -0.3 is 10.2 Å². The van der Waals surface area contributed by atoms with E-state index in [1.165, 1.54) is 6.08 Å². The van der Waals surface area contributed by atoms with Crippen LogP contribution in [0.25, 0.3) is 0 Å². The second-order valence-electron chi connectivity index (χ2n) is 6.43. The molecule has 2 rings (SSSR count). The van der Waals surface area contributed by atoms with Gasteiger partial charge >= 0.3 is 0 Å². The van der Waals surface area contributed by atoms with Gasteiger partial charge in [-0.25, -0.2) is 0 Å². The van der Waals surface area contributed by atoms with Gasteiger partial charge in [0.2, 0.25) is 11.8 Å². The minimum absolute atomic E-state index is 0.173. The van der Waals surface area contributed by atoms with Gasteiger partial charge in [-0.2, -0.15) is 0 Å². The zero-order chi connectivity index (χ0) is 16.8. The summed E-state index contributed by atoms with van der Waals surface area (Å²) in [5.41, 5.74) is 1.96. The minimum atomic E-state index is -0.204. The summed E-state index contributed by atoms with van der Waals surface area (Å²) in [7, 11) is 0. The molecule has 0 radical (unpaired) electrons. The number of carbonyl (C=O) groups excluding carboxylic acids is 2. The summed E-state index contributed by atoms with van der Waals surface area (Å²) in [5, 5.41) is 2.77. The molecule has 4 heteroatoms. The average Bonchev–Trinajstić information content (AvgIpc) is 2.53. The third-order valence-electron chi connectivity index (χ3n) is 4.56. The highest BCUT2D eigenvalue weighted by molar-refractivity contribution is 5.86. The molecule has 4 nitrogen and oxygen atoms in total. The molecule has 1 N–H and O–H groups in total. The Morgan fingerprint density at radius 3 is 2.65 bits per heavy atom. The molecule has 1 fully saturated rings. The molecule has 1 saturated heterocycles. The monoisotopic (exact) mass is 314 g/mol. The first-order valence-corrected chi connectivity index (χ1v) is 8.27. The molecule has 1 aromatic rings. The number of amides is 2. The lowest BCUT2D eigenvalue weighted by molar-refractivity contribution is -0.134. The third-order valence-corrected chi connectivity index (χ3v) is 4.56. The highest BCUT2D eigenvalue weighted by Gasteiger charge is 2.26. The Kier molecular flexibility index (Phi) is 5.97. The summed E-state index contributed by atoms with van der Waals surface area (Å²) in [6, 6.07) is 8.08. The highest BCUT2D eigenvalue weighted by Crippen LogP contribution is 2.23. The van der Waals surface area contributed by atoms with Crippen molar-refractivity contribution in [1.29, 1.82) is 0 Å². The number of rotatable bonds is 5. The SMILES string of the molecule is C=CC(=O)NCc1ccccc1CC(=O)N1CC[C@@H](C)C[C@H]1C. The molecule has 0 aromatic heterocycles. The first-order valence-electron chi connectivity index (χ1n) is 8.27. The smallest absolute Gasteiger partial charge is 0.243 e. The van der Waals surface area contributed by atoms with Crippen molar-refractivity contribution in [2.24, 2.45) is 5.92 Å². The van der Waals surface area contributed by atoms with Crippen molar-refractivity contribution in [2.45, 2.75) is 45.7 Å². The Hall–Kier alpha value is -2.10. The van der Waals surface area contributed by atoms with Gasteiger partial charge in [0.25, 0.3) is 0 Å². The fraction of sp³-hybridized carbons (Fsp3) is 0.474. The maximum absolute atomic E-state index is 12.7. The summed E-state index contributed by atoms with van der Waals surface area (Å²) in [6.07, 6.45) is 3.79. The van der Waals surface area contributed by atoms with E-state index in [0.717, 1.165) is 30.5 Å². The van der Waals surface area contributed by atoms with E-state index in [9.17, 15) is 9.59 Å². The second kappa shape index (κ2) is 7.95. The molecule has 0 unspecified atom stereocenters. The van der Waals surface area contributed by atoms with E-state index in [1.807, 2.05) is 29.2 Å². The lowest BCUT2D eigenvalue weighted by Gasteiger charge is -2.36. The Labute approximate surface area is 138 Å². The molecule has 2 amide bonds. The van der Waals surface area contributed by atoms with E-state index in [0.29, 0.717) is 24.9 Å². The van der Waals surface area contributed by atoms with E-state index in [-0.39, 0.29) is 11.8 Å². The van der Waals surface area contributed by atoms with Gasteiger partial charge in [0.1, 0.15) is 0 Å². The quantitative estimate of drug-likeness (QED) is 0.850. The summed E-state index contributed by atoms with van der Waals surface area (Å²) in [4.78, 5) is 26.0. The Morgan fingerprint density at radius 2 is 2.00 bits per heavy atom. The lowest BCUT2D eigenvalue weighted by Crippen LogP contribution is -2.44. The van der Waals surface area contributed by atoms with Crippen LogP contribution < -0.4 is 5.32 Å². The summed E-state index contributed by atoms with van der Waals surface area (Å²) in [5.74, 6) is 0.659. The van der Waals surface area contributed by atoms with E-state index in [1.54, 1.807) is 0 Å². The molecule has 1 aromatic carbocycles. The van der Waals surface area contributed by atoms with Crippen molar-refractivity contribution in [3.8, 4) is 0 Å². The van der Waals surface area contributed by atoms with Crippen molar-refractivity contribution in [3.63, 3.8) is 0 Å². The molecule has 124 valence electrons. The molecule has 1 heterocycles. The number of piperidine rings is 1. The molecule has 0 spiro atoms. The van der Waals surface area contributed by atoms with Crippen molar-refractivity contribution >= 4 is 11.8 Å². The molecule has 1 aliphatic heterocycles. The van der Waals surface area contributed by atoms with Gasteiger partial charge in [0.05, 0.1) is 6.42 Å².